The Bertz CT molecular complexity index is 810. The van der Waals surface area contributed by atoms with E-state index in [0.717, 1.165) is 24.9 Å². The number of halogens is 2. The van der Waals surface area contributed by atoms with E-state index in [4.69, 9.17) is 21.1 Å². The molecule has 7 heteroatoms. The lowest BCUT2D eigenvalue weighted by molar-refractivity contribution is -0.935. The zero-order valence-electron chi connectivity index (χ0n) is 16.5. The van der Waals surface area contributed by atoms with Crippen LogP contribution >= 0.6 is 11.6 Å². The van der Waals surface area contributed by atoms with Crippen molar-refractivity contribution < 1.29 is 23.6 Å². The molecule has 0 spiro atoms. The number of carbonyl (C=O) groups is 1. The highest BCUT2D eigenvalue weighted by Crippen LogP contribution is 2.24. The van der Waals surface area contributed by atoms with Crippen LogP contribution in [0, 0.1) is 5.82 Å². The van der Waals surface area contributed by atoms with Gasteiger partial charge >= 0.3 is 0 Å². The van der Waals surface area contributed by atoms with Crippen LogP contribution in [0.3, 0.4) is 0 Å². The van der Waals surface area contributed by atoms with Crippen molar-refractivity contribution in [2.75, 3.05) is 33.4 Å². The van der Waals surface area contributed by atoms with Crippen molar-refractivity contribution in [3.05, 3.63) is 58.9 Å². The molecule has 0 radical (unpaired) electrons. The highest BCUT2D eigenvalue weighted by Gasteiger charge is 2.26. The molecule has 0 bridgehead atoms. The molecule has 1 aliphatic heterocycles. The van der Waals surface area contributed by atoms with Gasteiger partial charge in [0.25, 0.3) is 5.91 Å². The molecule has 2 N–H and O–H groups in total. The number of likely N-dealkylation sites (tertiary alicyclic amines) is 1. The molecule has 1 atom stereocenters. The molecule has 1 amide bonds. The largest absolute Gasteiger partial charge is 0.497 e. The molecule has 29 heavy (non-hydrogen) atoms. The maximum atomic E-state index is 13.1. The van der Waals surface area contributed by atoms with Crippen molar-refractivity contribution in [3.8, 4) is 11.5 Å². The predicted molar refractivity (Wildman–Crippen MR) is 110 cm³/mol. The predicted octanol–water partition coefficient (Wildman–Crippen LogP) is 2.79. The average Bonchev–Trinajstić information content (AvgIpc) is 2.74. The quantitative estimate of drug-likeness (QED) is 0.689. The minimum absolute atomic E-state index is 0.145. The van der Waals surface area contributed by atoms with Gasteiger partial charge in [0.1, 0.15) is 23.4 Å². The number of benzene rings is 2. The molecule has 1 fully saturated rings. The molecule has 5 nitrogen and oxygen atoms in total. The third-order valence-electron chi connectivity index (χ3n) is 5.26. The summed E-state index contributed by atoms with van der Waals surface area (Å²) < 4.78 is 23.8. The average molecular weight is 422 g/mol. The molecule has 0 saturated carbocycles. The van der Waals surface area contributed by atoms with Gasteiger partial charge < -0.3 is 19.7 Å². The fraction of sp³-hybridized carbons (Fsp3) is 0.409. The van der Waals surface area contributed by atoms with Gasteiger partial charge in [0.15, 0.2) is 6.61 Å². The van der Waals surface area contributed by atoms with Crippen molar-refractivity contribution >= 4 is 17.5 Å². The van der Waals surface area contributed by atoms with E-state index in [1.807, 2.05) is 12.1 Å². The maximum Gasteiger partial charge on any atom is 0.258 e. The van der Waals surface area contributed by atoms with Crippen molar-refractivity contribution in [1.29, 1.82) is 0 Å². The molecule has 0 aliphatic carbocycles. The molecular formula is C22H27ClFN2O3+. The zero-order valence-corrected chi connectivity index (χ0v) is 17.3. The highest BCUT2D eigenvalue weighted by molar-refractivity contribution is 6.32. The Morgan fingerprint density at radius 1 is 1.17 bits per heavy atom. The molecular weight excluding hydrogens is 395 g/mol. The van der Waals surface area contributed by atoms with E-state index < -0.39 is 5.82 Å². The van der Waals surface area contributed by atoms with Crippen LogP contribution in [0.25, 0.3) is 0 Å². The lowest BCUT2D eigenvalue weighted by Crippen LogP contribution is -3.13. The van der Waals surface area contributed by atoms with E-state index in [-0.39, 0.29) is 29.3 Å². The van der Waals surface area contributed by atoms with E-state index in [2.05, 4.69) is 17.4 Å². The minimum atomic E-state index is -0.446. The molecule has 1 heterocycles. The van der Waals surface area contributed by atoms with Crippen molar-refractivity contribution in [2.24, 2.45) is 0 Å². The molecule has 1 aliphatic rings. The van der Waals surface area contributed by atoms with E-state index in [1.54, 1.807) is 7.11 Å². The van der Waals surface area contributed by atoms with Gasteiger partial charge in [0, 0.05) is 5.56 Å². The van der Waals surface area contributed by atoms with Crippen LogP contribution in [-0.4, -0.2) is 39.3 Å². The summed E-state index contributed by atoms with van der Waals surface area (Å²) in [6.07, 6.45) is 3.65. The number of hydrogen-bond donors (Lipinski definition) is 2. The smallest absolute Gasteiger partial charge is 0.258 e. The number of quaternary nitrogens is 1. The zero-order chi connectivity index (χ0) is 20.6. The SMILES string of the molecule is COc1ccc([C@@H](CNC(=O)COc2ccc(F)cc2Cl)[NH+]2CCCCC2)cc1. The Labute approximate surface area is 175 Å². The Morgan fingerprint density at radius 3 is 2.55 bits per heavy atom. The lowest BCUT2D eigenvalue weighted by Gasteiger charge is -2.32. The van der Waals surface area contributed by atoms with Gasteiger partial charge in [0.2, 0.25) is 0 Å². The first-order chi connectivity index (χ1) is 14.1. The van der Waals surface area contributed by atoms with E-state index in [9.17, 15) is 9.18 Å². The van der Waals surface area contributed by atoms with Gasteiger partial charge in [-0.3, -0.25) is 4.79 Å². The molecule has 2 aromatic rings. The Hall–Kier alpha value is -2.31. The van der Waals surface area contributed by atoms with Gasteiger partial charge in [-0.1, -0.05) is 11.6 Å². The third-order valence-corrected chi connectivity index (χ3v) is 5.56. The Kier molecular flexibility index (Phi) is 7.72. The summed E-state index contributed by atoms with van der Waals surface area (Å²) in [6.45, 7) is 2.53. The van der Waals surface area contributed by atoms with E-state index >= 15 is 0 Å². The third kappa shape index (κ3) is 6.08. The van der Waals surface area contributed by atoms with Crippen LogP contribution < -0.4 is 19.7 Å². The second-order valence-corrected chi connectivity index (χ2v) is 7.62. The fourth-order valence-electron chi connectivity index (χ4n) is 3.69. The summed E-state index contributed by atoms with van der Waals surface area (Å²) in [6, 6.07) is 12.0. The second-order valence-electron chi connectivity index (χ2n) is 7.21. The van der Waals surface area contributed by atoms with Crippen molar-refractivity contribution in [3.63, 3.8) is 0 Å². The maximum absolute atomic E-state index is 13.1. The molecule has 156 valence electrons. The van der Waals surface area contributed by atoms with Gasteiger partial charge in [-0.15, -0.1) is 0 Å². The Balaban J connectivity index is 1.60. The first kappa shape index (κ1) is 21.4. The monoisotopic (exact) mass is 421 g/mol. The number of hydrogen-bond acceptors (Lipinski definition) is 3. The van der Waals surface area contributed by atoms with Crippen LogP contribution in [0.1, 0.15) is 30.9 Å². The van der Waals surface area contributed by atoms with E-state index in [0.29, 0.717) is 6.54 Å². The van der Waals surface area contributed by atoms with Crippen LogP contribution in [0.5, 0.6) is 11.5 Å². The summed E-state index contributed by atoms with van der Waals surface area (Å²) in [5.74, 6) is 0.422. The summed E-state index contributed by atoms with van der Waals surface area (Å²) in [4.78, 5) is 13.8. The number of methoxy groups -OCH3 is 1. The number of nitrogens with one attached hydrogen (secondary N) is 2. The van der Waals surface area contributed by atoms with Gasteiger partial charge in [0.05, 0.1) is 31.8 Å². The Morgan fingerprint density at radius 2 is 1.90 bits per heavy atom. The summed E-state index contributed by atoms with van der Waals surface area (Å²) in [5.41, 5.74) is 1.17. The van der Waals surface area contributed by atoms with Crippen LogP contribution in [0.4, 0.5) is 4.39 Å². The summed E-state index contributed by atoms with van der Waals surface area (Å²) in [5, 5.41) is 3.12. The van der Waals surface area contributed by atoms with Gasteiger partial charge in [-0.2, -0.15) is 0 Å². The molecule has 3 rings (SSSR count). The van der Waals surface area contributed by atoms with Crippen LogP contribution in [-0.2, 0) is 4.79 Å². The minimum Gasteiger partial charge on any atom is -0.497 e. The fourth-order valence-corrected chi connectivity index (χ4v) is 3.91. The molecule has 0 aromatic heterocycles. The first-order valence-corrected chi connectivity index (χ1v) is 10.3. The highest BCUT2D eigenvalue weighted by atomic mass is 35.5. The topological polar surface area (TPSA) is 52.0 Å². The molecule has 2 aromatic carbocycles. The van der Waals surface area contributed by atoms with Crippen molar-refractivity contribution in [2.45, 2.75) is 25.3 Å². The number of ether oxygens (including phenoxy) is 2. The first-order valence-electron chi connectivity index (χ1n) is 9.90. The molecule has 0 unspecified atom stereocenters. The van der Waals surface area contributed by atoms with E-state index in [1.165, 1.54) is 41.9 Å². The summed E-state index contributed by atoms with van der Waals surface area (Å²) in [7, 11) is 1.65. The number of piperidine rings is 1. The van der Waals surface area contributed by atoms with Crippen molar-refractivity contribution in [1.82, 2.24) is 5.32 Å². The molecule has 1 saturated heterocycles. The normalized spacial score (nSPS) is 15.6. The van der Waals surface area contributed by atoms with Crippen LogP contribution in [0.2, 0.25) is 5.02 Å². The van der Waals surface area contributed by atoms with Crippen LogP contribution in [0.15, 0.2) is 42.5 Å². The lowest BCUT2D eigenvalue weighted by atomic mass is 10.0. The number of rotatable bonds is 8. The number of carbonyl (C=O) groups excluding carboxylic acids is 1. The second kappa shape index (κ2) is 10.5. The summed E-state index contributed by atoms with van der Waals surface area (Å²) >= 11 is 5.94. The standard InChI is InChI=1S/C22H26ClFN2O3/c1-28-18-8-5-16(6-9-18)20(26-11-3-2-4-12-26)14-25-22(27)15-29-21-10-7-17(24)13-19(21)23/h5-10,13,20H,2-4,11-12,14-15H2,1H3,(H,25,27)/p+1/t20-/m1/s1. The van der Waals surface area contributed by atoms with Gasteiger partial charge in [-0.05, 0) is 61.7 Å². The van der Waals surface area contributed by atoms with Gasteiger partial charge in [-0.25, -0.2) is 4.39 Å². The number of amides is 1.